The van der Waals surface area contributed by atoms with E-state index in [0.717, 1.165) is 6.07 Å². The van der Waals surface area contributed by atoms with Crippen LogP contribution in [0.1, 0.15) is 18.5 Å². The Morgan fingerprint density at radius 1 is 1.20 bits per heavy atom. The number of nitrogens with zero attached hydrogens (tertiary/aromatic N) is 2. The number of rotatable bonds is 4. The summed E-state index contributed by atoms with van der Waals surface area (Å²) in [5.74, 6) is -4.68. The summed E-state index contributed by atoms with van der Waals surface area (Å²) in [5, 5.41) is 30.7. The van der Waals surface area contributed by atoms with E-state index in [2.05, 4.69) is 5.32 Å². The molecule has 1 aliphatic rings. The molecule has 0 radical (unpaired) electrons. The molecule has 10 nitrogen and oxygen atoms in total. The molecule has 0 saturated carbocycles. The maximum absolute atomic E-state index is 12.2. The summed E-state index contributed by atoms with van der Waals surface area (Å²) in [6, 6.07) is 0.846. The van der Waals surface area contributed by atoms with Gasteiger partial charge in [-0.15, -0.1) is 0 Å². The molecule has 1 aromatic carbocycles. The van der Waals surface area contributed by atoms with E-state index >= 15 is 0 Å². The number of benzene rings is 1. The first-order valence-corrected chi connectivity index (χ1v) is 7.42. The molecule has 1 fully saturated rings. The van der Waals surface area contributed by atoms with E-state index in [9.17, 15) is 34.5 Å². The molecule has 0 aliphatic carbocycles. The van der Waals surface area contributed by atoms with Crippen LogP contribution in [0, 0.1) is 0 Å². The Hall–Kier alpha value is -3.30. The van der Waals surface area contributed by atoms with Crippen LogP contribution in [0.3, 0.4) is 0 Å². The summed E-state index contributed by atoms with van der Waals surface area (Å²) >= 11 is 0. The minimum atomic E-state index is -1.72. The van der Waals surface area contributed by atoms with Crippen molar-refractivity contribution >= 4 is 23.8 Å². The van der Waals surface area contributed by atoms with E-state index < -0.39 is 41.4 Å². The maximum Gasteiger partial charge on any atom is 0.331 e. The molecule has 1 aromatic rings. The number of amides is 4. The number of carboxylic acid groups (broad SMARTS) is 1. The van der Waals surface area contributed by atoms with Crippen LogP contribution in [-0.2, 0) is 14.4 Å². The van der Waals surface area contributed by atoms with Crippen LogP contribution in [0.25, 0.3) is 0 Å². The summed E-state index contributed by atoms with van der Waals surface area (Å²) in [5.41, 5.74) is -0.258. The van der Waals surface area contributed by atoms with E-state index in [1.807, 2.05) is 0 Å². The number of nitrogens with one attached hydrogen (secondary N) is 1. The lowest BCUT2D eigenvalue weighted by Gasteiger charge is -2.32. The number of carbonyl (C=O) groups excluding carboxylic acids is 3. The zero-order valence-corrected chi connectivity index (χ0v) is 13.3. The van der Waals surface area contributed by atoms with Gasteiger partial charge in [0.2, 0.25) is 0 Å². The number of phenolic OH excluding ortho intramolecular Hbond substituents is 2. The number of para-hydroxylation sites is 1. The van der Waals surface area contributed by atoms with Crippen molar-refractivity contribution in [2.75, 3.05) is 19.6 Å². The second-order valence-corrected chi connectivity index (χ2v) is 5.28. The number of piperazine rings is 1. The van der Waals surface area contributed by atoms with Crippen LogP contribution in [0.5, 0.6) is 11.5 Å². The lowest BCUT2D eigenvalue weighted by Crippen LogP contribution is -2.58. The normalized spacial score (nSPS) is 15.9. The van der Waals surface area contributed by atoms with Crippen LogP contribution < -0.4 is 5.32 Å². The highest BCUT2D eigenvalue weighted by Crippen LogP contribution is 2.32. The van der Waals surface area contributed by atoms with Crippen LogP contribution in [0.4, 0.5) is 4.79 Å². The van der Waals surface area contributed by atoms with Crippen molar-refractivity contribution in [3.8, 4) is 11.5 Å². The van der Waals surface area contributed by atoms with Crippen LogP contribution in [0.15, 0.2) is 18.2 Å². The van der Waals surface area contributed by atoms with Crippen LogP contribution in [-0.4, -0.2) is 68.6 Å². The fourth-order valence-electron chi connectivity index (χ4n) is 2.43. The lowest BCUT2D eigenvalue weighted by atomic mass is 10.1. The van der Waals surface area contributed by atoms with Crippen molar-refractivity contribution in [1.82, 2.24) is 15.1 Å². The average molecular weight is 351 g/mol. The van der Waals surface area contributed by atoms with Gasteiger partial charge in [-0.05, 0) is 13.0 Å². The number of aromatic hydroxyl groups is 2. The molecule has 1 aliphatic heterocycles. The quantitative estimate of drug-likeness (QED) is 0.427. The summed E-state index contributed by atoms with van der Waals surface area (Å²) in [6.07, 6.45) is 0. The molecule has 0 unspecified atom stereocenters. The molecule has 0 bridgehead atoms. The predicted octanol–water partition coefficient (Wildman–Crippen LogP) is -0.376. The van der Waals surface area contributed by atoms with Gasteiger partial charge in [-0.3, -0.25) is 14.5 Å². The van der Waals surface area contributed by atoms with Crippen LogP contribution >= 0.6 is 0 Å². The molecule has 10 heteroatoms. The van der Waals surface area contributed by atoms with Gasteiger partial charge in [-0.2, -0.15) is 0 Å². The Labute approximate surface area is 142 Å². The highest BCUT2D eigenvalue weighted by atomic mass is 16.4. The number of carboxylic acids is 1. The molecule has 0 aromatic heterocycles. The standard InChI is InChI=1S/C15H17N3O7/c1-2-17-6-7-18(13(22)12(17)21)15(25)16-10(14(23)24)8-4-3-5-9(19)11(8)20/h3-5,10,19-20H,2,6-7H2,1H3,(H,16,25)(H,23,24)/t10-/m1/s1. The van der Waals surface area contributed by atoms with Crippen LogP contribution in [0.2, 0.25) is 0 Å². The fraction of sp³-hybridized carbons (Fsp3) is 0.333. The highest BCUT2D eigenvalue weighted by Gasteiger charge is 2.37. The van der Waals surface area contributed by atoms with Gasteiger partial charge < -0.3 is 25.5 Å². The number of aliphatic carboxylic acids is 1. The van der Waals surface area contributed by atoms with Crippen molar-refractivity contribution in [1.29, 1.82) is 0 Å². The fourth-order valence-corrected chi connectivity index (χ4v) is 2.43. The van der Waals surface area contributed by atoms with Gasteiger partial charge in [0, 0.05) is 25.2 Å². The van der Waals surface area contributed by atoms with Gasteiger partial charge in [0.05, 0.1) is 0 Å². The van der Waals surface area contributed by atoms with E-state index in [-0.39, 0.29) is 18.7 Å². The Balaban J connectivity index is 2.22. The van der Waals surface area contributed by atoms with E-state index in [1.165, 1.54) is 17.0 Å². The minimum Gasteiger partial charge on any atom is -0.504 e. The van der Waals surface area contributed by atoms with E-state index in [0.29, 0.717) is 11.4 Å². The molecule has 4 amide bonds. The monoisotopic (exact) mass is 351 g/mol. The number of likely N-dealkylation sites (N-methyl/N-ethyl adjacent to an activating group) is 1. The van der Waals surface area contributed by atoms with Crippen molar-refractivity contribution in [2.24, 2.45) is 0 Å². The molecule has 1 heterocycles. The first-order valence-electron chi connectivity index (χ1n) is 7.42. The molecule has 25 heavy (non-hydrogen) atoms. The second kappa shape index (κ2) is 7.07. The van der Waals surface area contributed by atoms with Gasteiger partial charge >= 0.3 is 23.8 Å². The summed E-state index contributed by atoms with van der Waals surface area (Å²) in [4.78, 5) is 49.4. The third-order valence-electron chi connectivity index (χ3n) is 3.81. The molecule has 1 atom stereocenters. The third-order valence-corrected chi connectivity index (χ3v) is 3.81. The Bertz CT molecular complexity index is 734. The van der Waals surface area contributed by atoms with Gasteiger partial charge in [-0.25, -0.2) is 9.59 Å². The smallest absolute Gasteiger partial charge is 0.331 e. The first-order chi connectivity index (χ1) is 11.8. The maximum atomic E-state index is 12.2. The molecule has 4 N–H and O–H groups in total. The van der Waals surface area contributed by atoms with E-state index in [1.54, 1.807) is 6.92 Å². The number of hydrogen-bond acceptors (Lipinski definition) is 6. The number of imide groups is 1. The van der Waals surface area contributed by atoms with Gasteiger partial charge in [-0.1, -0.05) is 12.1 Å². The minimum absolute atomic E-state index is 0.0807. The van der Waals surface area contributed by atoms with Gasteiger partial charge in [0.25, 0.3) is 0 Å². The predicted molar refractivity (Wildman–Crippen MR) is 82.6 cm³/mol. The van der Waals surface area contributed by atoms with Crippen molar-refractivity contribution in [3.63, 3.8) is 0 Å². The molecule has 134 valence electrons. The summed E-state index contributed by atoms with van der Waals surface area (Å²) < 4.78 is 0. The number of urea groups is 1. The van der Waals surface area contributed by atoms with Crippen molar-refractivity contribution < 1.29 is 34.5 Å². The molecule has 0 spiro atoms. The highest BCUT2D eigenvalue weighted by molar-refractivity contribution is 6.38. The summed E-state index contributed by atoms with van der Waals surface area (Å²) in [7, 11) is 0. The Morgan fingerprint density at radius 2 is 1.88 bits per heavy atom. The zero-order valence-electron chi connectivity index (χ0n) is 13.3. The number of phenols is 2. The van der Waals surface area contributed by atoms with Gasteiger partial charge in [0.15, 0.2) is 17.5 Å². The Kier molecular flexibility index (Phi) is 5.11. The zero-order chi connectivity index (χ0) is 18.7. The SMILES string of the molecule is CCN1CCN(C(=O)N[C@@H](C(=O)O)c2cccc(O)c2O)C(=O)C1=O. The lowest BCUT2D eigenvalue weighted by molar-refractivity contribution is -0.153. The number of carbonyl (C=O) groups is 4. The average Bonchev–Trinajstić information content (AvgIpc) is 2.57. The molecule has 2 rings (SSSR count). The topological polar surface area (TPSA) is 147 Å². The van der Waals surface area contributed by atoms with E-state index in [4.69, 9.17) is 0 Å². The Morgan fingerprint density at radius 3 is 2.48 bits per heavy atom. The number of hydrogen-bond donors (Lipinski definition) is 4. The van der Waals surface area contributed by atoms with Crippen molar-refractivity contribution in [2.45, 2.75) is 13.0 Å². The largest absolute Gasteiger partial charge is 0.504 e. The first kappa shape index (κ1) is 18.0. The van der Waals surface area contributed by atoms with Crippen molar-refractivity contribution in [3.05, 3.63) is 23.8 Å². The third kappa shape index (κ3) is 3.47. The second-order valence-electron chi connectivity index (χ2n) is 5.28. The molecule has 1 saturated heterocycles. The molecular weight excluding hydrogens is 334 g/mol. The molecular formula is C15H17N3O7. The summed E-state index contributed by atoms with van der Waals surface area (Å²) in [6.45, 7) is 2.06. The van der Waals surface area contributed by atoms with Gasteiger partial charge in [0.1, 0.15) is 0 Å².